The number of aryl methyl sites for hydroxylation is 4. The zero-order valence-electron chi connectivity index (χ0n) is 13.8. The molecule has 0 spiro atoms. The molecule has 6 heteroatoms. The van der Waals surface area contributed by atoms with Gasteiger partial charge in [-0.3, -0.25) is 9.88 Å². The Hall–Kier alpha value is -1.95. The molecule has 0 bridgehead atoms. The predicted molar refractivity (Wildman–Crippen MR) is 85.0 cm³/mol. The number of rotatable bonds is 3. The van der Waals surface area contributed by atoms with Crippen LogP contribution in [-0.2, 0) is 6.54 Å². The Bertz CT molecular complexity index is 639. The maximum Gasteiger partial charge on any atom is 0.150 e. The van der Waals surface area contributed by atoms with Crippen molar-refractivity contribution in [3.63, 3.8) is 0 Å². The van der Waals surface area contributed by atoms with Gasteiger partial charge in [-0.25, -0.2) is 4.98 Å². The Morgan fingerprint density at radius 2 is 1.77 bits per heavy atom. The van der Waals surface area contributed by atoms with Crippen molar-refractivity contribution in [3.8, 4) is 0 Å². The zero-order valence-corrected chi connectivity index (χ0v) is 13.8. The van der Waals surface area contributed by atoms with E-state index < -0.39 is 0 Å². The summed E-state index contributed by atoms with van der Waals surface area (Å²) in [6.45, 7) is 12.9. The average Bonchev–Trinajstić information content (AvgIpc) is 2.82. The second-order valence-corrected chi connectivity index (χ2v) is 5.99. The van der Waals surface area contributed by atoms with Crippen molar-refractivity contribution in [2.45, 2.75) is 34.2 Å². The molecule has 0 unspecified atom stereocenters. The molecule has 2 aromatic heterocycles. The summed E-state index contributed by atoms with van der Waals surface area (Å²) in [4.78, 5) is 13.8. The van der Waals surface area contributed by atoms with Gasteiger partial charge in [0.25, 0.3) is 0 Å². The summed E-state index contributed by atoms with van der Waals surface area (Å²) in [6.07, 6.45) is 1.83. The van der Waals surface area contributed by atoms with E-state index in [9.17, 15) is 0 Å². The summed E-state index contributed by atoms with van der Waals surface area (Å²) in [5, 5.41) is 4.04. The molecule has 0 amide bonds. The van der Waals surface area contributed by atoms with Crippen molar-refractivity contribution < 1.29 is 4.52 Å². The summed E-state index contributed by atoms with van der Waals surface area (Å²) in [7, 11) is 0. The van der Waals surface area contributed by atoms with E-state index in [0.29, 0.717) is 0 Å². The number of nitrogens with zero attached hydrogens (tertiary/aromatic N) is 5. The second-order valence-electron chi connectivity index (χ2n) is 5.99. The van der Waals surface area contributed by atoms with E-state index >= 15 is 0 Å². The number of hydrogen-bond donors (Lipinski definition) is 0. The van der Waals surface area contributed by atoms with E-state index in [2.05, 4.69) is 24.9 Å². The first kappa shape index (κ1) is 15.0. The third kappa shape index (κ3) is 2.97. The summed E-state index contributed by atoms with van der Waals surface area (Å²) in [5.41, 5.74) is 4.20. The first-order valence-electron chi connectivity index (χ1n) is 7.74. The fourth-order valence-electron chi connectivity index (χ4n) is 2.89. The third-order valence-corrected chi connectivity index (χ3v) is 4.29. The van der Waals surface area contributed by atoms with Crippen LogP contribution >= 0.6 is 0 Å². The van der Waals surface area contributed by atoms with Gasteiger partial charge in [0.2, 0.25) is 0 Å². The van der Waals surface area contributed by atoms with Gasteiger partial charge in [0.1, 0.15) is 11.6 Å². The van der Waals surface area contributed by atoms with Crippen molar-refractivity contribution in [1.82, 2.24) is 20.0 Å². The van der Waals surface area contributed by atoms with Gasteiger partial charge < -0.3 is 9.42 Å². The van der Waals surface area contributed by atoms with E-state index in [4.69, 9.17) is 4.52 Å². The molecular weight excluding hydrogens is 278 g/mol. The molecule has 6 nitrogen and oxygen atoms in total. The monoisotopic (exact) mass is 301 g/mol. The highest BCUT2D eigenvalue weighted by Gasteiger charge is 2.22. The van der Waals surface area contributed by atoms with E-state index in [1.165, 1.54) is 5.56 Å². The zero-order chi connectivity index (χ0) is 15.7. The Labute approximate surface area is 131 Å². The SMILES string of the molecule is Cc1cnc(C)c(N2CCN(Cc3c(C)noc3C)CC2)n1. The Morgan fingerprint density at radius 1 is 1.05 bits per heavy atom. The molecule has 0 aliphatic carbocycles. The lowest BCUT2D eigenvalue weighted by molar-refractivity contribution is 0.247. The van der Waals surface area contributed by atoms with Gasteiger partial charge >= 0.3 is 0 Å². The molecule has 0 N–H and O–H groups in total. The molecule has 0 saturated carbocycles. The largest absolute Gasteiger partial charge is 0.361 e. The second kappa shape index (κ2) is 6.04. The first-order chi connectivity index (χ1) is 10.5. The number of piperazine rings is 1. The van der Waals surface area contributed by atoms with Gasteiger partial charge in [-0.2, -0.15) is 0 Å². The molecular formula is C16H23N5O. The van der Waals surface area contributed by atoms with Crippen LogP contribution in [0.25, 0.3) is 0 Å². The van der Waals surface area contributed by atoms with Crippen LogP contribution in [0.1, 0.15) is 28.4 Å². The molecule has 1 aliphatic heterocycles. The van der Waals surface area contributed by atoms with Gasteiger partial charge in [0.15, 0.2) is 0 Å². The fourth-order valence-corrected chi connectivity index (χ4v) is 2.89. The first-order valence-corrected chi connectivity index (χ1v) is 7.74. The molecule has 1 saturated heterocycles. The molecule has 3 rings (SSSR count). The lowest BCUT2D eigenvalue weighted by Crippen LogP contribution is -2.46. The Kier molecular flexibility index (Phi) is 4.11. The molecule has 3 heterocycles. The van der Waals surface area contributed by atoms with Crippen LogP contribution in [0.3, 0.4) is 0 Å². The molecule has 1 aliphatic rings. The molecule has 0 atom stereocenters. The number of hydrogen-bond acceptors (Lipinski definition) is 6. The topological polar surface area (TPSA) is 58.3 Å². The van der Waals surface area contributed by atoms with Crippen LogP contribution in [0.15, 0.2) is 10.7 Å². The lowest BCUT2D eigenvalue weighted by Gasteiger charge is -2.35. The van der Waals surface area contributed by atoms with E-state index in [1.54, 1.807) is 0 Å². The smallest absolute Gasteiger partial charge is 0.150 e. The maximum absolute atomic E-state index is 5.25. The van der Waals surface area contributed by atoms with Gasteiger partial charge in [0.05, 0.1) is 17.1 Å². The summed E-state index contributed by atoms with van der Waals surface area (Å²) in [5.74, 6) is 1.96. The standard InChI is InChI=1S/C16H23N5O/c1-11-9-17-13(3)16(18-11)21-7-5-20(6-8-21)10-15-12(2)19-22-14(15)4/h9H,5-8,10H2,1-4H3. The van der Waals surface area contributed by atoms with Crippen LogP contribution < -0.4 is 4.90 Å². The van der Waals surface area contributed by atoms with Gasteiger partial charge in [-0.05, 0) is 27.7 Å². The van der Waals surface area contributed by atoms with Crippen LogP contribution in [-0.4, -0.2) is 46.2 Å². The van der Waals surface area contributed by atoms with Crippen LogP contribution in [0, 0.1) is 27.7 Å². The Morgan fingerprint density at radius 3 is 2.41 bits per heavy atom. The predicted octanol–water partition coefficient (Wildman–Crippen LogP) is 2.02. The summed E-state index contributed by atoms with van der Waals surface area (Å²) in [6, 6.07) is 0. The highest BCUT2D eigenvalue weighted by atomic mass is 16.5. The van der Waals surface area contributed by atoms with E-state index in [0.717, 1.165) is 61.4 Å². The fraction of sp³-hybridized carbons (Fsp3) is 0.562. The lowest BCUT2D eigenvalue weighted by atomic mass is 10.1. The molecule has 1 fully saturated rings. The quantitative estimate of drug-likeness (QED) is 0.864. The minimum atomic E-state index is 0.910. The average molecular weight is 301 g/mol. The molecule has 0 radical (unpaired) electrons. The molecule has 2 aromatic rings. The van der Waals surface area contributed by atoms with Crippen molar-refractivity contribution >= 4 is 5.82 Å². The van der Waals surface area contributed by atoms with Crippen LogP contribution in [0.5, 0.6) is 0 Å². The Balaban J connectivity index is 1.64. The summed E-state index contributed by atoms with van der Waals surface area (Å²) >= 11 is 0. The molecule has 118 valence electrons. The highest BCUT2D eigenvalue weighted by molar-refractivity contribution is 5.43. The van der Waals surface area contributed by atoms with Crippen molar-refractivity contribution in [3.05, 3.63) is 34.6 Å². The highest BCUT2D eigenvalue weighted by Crippen LogP contribution is 2.20. The molecule has 22 heavy (non-hydrogen) atoms. The third-order valence-electron chi connectivity index (χ3n) is 4.29. The minimum absolute atomic E-state index is 0.910. The van der Waals surface area contributed by atoms with E-state index in [-0.39, 0.29) is 0 Å². The number of anilines is 1. The van der Waals surface area contributed by atoms with Gasteiger partial charge in [-0.15, -0.1) is 0 Å². The molecule has 0 aromatic carbocycles. The normalized spacial score (nSPS) is 16.3. The van der Waals surface area contributed by atoms with Crippen LogP contribution in [0.4, 0.5) is 5.82 Å². The maximum atomic E-state index is 5.25. The number of aromatic nitrogens is 3. The van der Waals surface area contributed by atoms with Crippen molar-refractivity contribution in [2.24, 2.45) is 0 Å². The van der Waals surface area contributed by atoms with Gasteiger partial charge in [0, 0.05) is 44.5 Å². The van der Waals surface area contributed by atoms with Crippen molar-refractivity contribution in [1.29, 1.82) is 0 Å². The van der Waals surface area contributed by atoms with Crippen molar-refractivity contribution in [2.75, 3.05) is 31.1 Å². The van der Waals surface area contributed by atoms with Gasteiger partial charge in [-0.1, -0.05) is 5.16 Å². The van der Waals surface area contributed by atoms with Crippen LogP contribution in [0.2, 0.25) is 0 Å². The van der Waals surface area contributed by atoms with E-state index in [1.807, 2.05) is 33.9 Å². The minimum Gasteiger partial charge on any atom is -0.361 e. The summed E-state index contributed by atoms with van der Waals surface area (Å²) < 4.78 is 5.25.